The summed E-state index contributed by atoms with van der Waals surface area (Å²) in [6.45, 7) is 5.40. The number of rotatable bonds is 5. The van der Waals surface area contributed by atoms with Crippen molar-refractivity contribution < 1.29 is 19.5 Å². The van der Waals surface area contributed by atoms with Gasteiger partial charge >= 0.3 is 5.97 Å². The smallest absolute Gasteiger partial charge is 0.307 e. The number of aliphatic carboxylic acids is 1. The highest BCUT2D eigenvalue weighted by Gasteiger charge is 2.65. The number of nitrogens with one attached hydrogen (secondary N) is 2. The lowest BCUT2D eigenvalue weighted by atomic mass is 10.1. The van der Waals surface area contributed by atoms with E-state index in [1.165, 1.54) is 0 Å². The minimum Gasteiger partial charge on any atom is -0.481 e. The van der Waals surface area contributed by atoms with Crippen LogP contribution < -0.4 is 10.6 Å². The van der Waals surface area contributed by atoms with Crippen LogP contribution in [0.15, 0.2) is 18.2 Å². The molecule has 3 N–H and O–H groups in total. The molecule has 3 rings (SSSR count). The zero-order valence-corrected chi connectivity index (χ0v) is 14.1. The molecule has 2 fully saturated rings. The molecule has 2 atom stereocenters. The van der Waals surface area contributed by atoms with Gasteiger partial charge in [-0.1, -0.05) is 19.9 Å². The Balaban J connectivity index is 1.73. The highest BCUT2D eigenvalue weighted by Crippen LogP contribution is 2.58. The normalized spacial score (nSPS) is 24.1. The molecule has 0 aromatic heterocycles. The number of carbonyl (C=O) groups excluding carboxylic acids is 2. The van der Waals surface area contributed by atoms with Crippen LogP contribution in [0.2, 0.25) is 0 Å². The van der Waals surface area contributed by atoms with Crippen LogP contribution in [-0.2, 0) is 9.59 Å². The summed E-state index contributed by atoms with van der Waals surface area (Å²) in [5, 5.41) is 14.9. The number of aryl methyl sites for hydroxylation is 1. The van der Waals surface area contributed by atoms with Gasteiger partial charge in [0.05, 0.1) is 11.8 Å². The zero-order valence-electron chi connectivity index (χ0n) is 14.1. The third-order valence-corrected chi connectivity index (χ3v) is 5.05. The van der Waals surface area contributed by atoms with E-state index >= 15 is 0 Å². The lowest BCUT2D eigenvalue weighted by Crippen LogP contribution is -2.25. The second-order valence-electron chi connectivity index (χ2n) is 7.38. The monoisotopic (exact) mass is 330 g/mol. The predicted molar refractivity (Wildman–Crippen MR) is 88.7 cm³/mol. The molecule has 0 heterocycles. The maximum Gasteiger partial charge on any atom is 0.307 e. The number of amides is 2. The van der Waals surface area contributed by atoms with Gasteiger partial charge in [-0.05, 0) is 42.9 Å². The fourth-order valence-corrected chi connectivity index (χ4v) is 3.19. The molecule has 0 bridgehead atoms. The number of hydrogen-bond acceptors (Lipinski definition) is 3. The van der Waals surface area contributed by atoms with Crippen molar-refractivity contribution in [2.24, 2.45) is 17.3 Å². The van der Waals surface area contributed by atoms with Crippen molar-refractivity contribution in [1.82, 2.24) is 5.32 Å². The first-order chi connectivity index (χ1) is 11.2. The molecule has 0 aliphatic heterocycles. The van der Waals surface area contributed by atoms with E-state index in [2.05, 4.69) is 10.6 Å². The van der Waals surface area contributed by atoms with Crippen molar-refractivity contribution in [2.45, 2.75) is 39.7 Å². The lowest BCUT2D eigenvalue weighted by Gasteiger charge is -2.11. The summed E-state index contributed by atoms with van der Waals surface area (Å²) in [4.78, 5) is 35.8. The summed E-state index contributed by atoms with van der Waals surface area (Å²) in [6, 6.07) is 5.42. The summed E-state index contributed by atoms with van der Waals surface area (Å²) in [5.74, 6) is -2.63. The summed E-state index contributed by atoms with van der Waals surface area (Å²) in [6.07, 6.45) is 2.02. The fourth-order valence-electron chi connectivity index (χ4n) is 3.19. The first-order valence-electron chi connectivity index (χ1n) is 8.17. The van der Waals surface area contributed by atoms with Gasteiger partial charge in [0.2, 0.25) is 5.91 Å². The predicted octanol–water partition coefficient (Wildman–Crippen LogP) is 2.18. The lowest BCUT2D eigenvalue weighted by molar-refractivity contribution is -0.140. The Hall–Kier alpha value is -2.37. The summed E-state index contributed by atoms with van der Waals surface area (Å²) >= 11 is 0. The quantitative estimate of drug-likeness (QED) is 0.771. The van der Waals surface area contributed by atoms with E-state index in [0.717, 1.165) is 18.4 Å². The maximum atomic E-state index is 12.5. The van der Waals surface area contributed by atoms with Crippen LogP contribution in [0.3, 0.4) is 0 Å². The Kier molecular flexibility index (Phi) is 3.86. The Morgan fingerprint density at radius 1 is 1.17 bits per heavy atom. The van der Waals surface area contributed by atoms with E-state index in [4.69, 9.17) is 0 Å². The molecule has 128 valence electrons. The number of benzene rings is 1. The van der Waals surface area contributed by atoms with Crippen LogP contribution in [0.5, 0.6) is 0 Å². The van der Waals surface area contributed by atoms with Crippen molar-refractivity contribution in [3.05, 3.63) is 29.3 Å². The zero-order chi connectivity index (χ0) is 17.6. The van der Waals surface area contributed by atoms with Crippen LogP contribution in [0, 0.1) is 24.2 Å². The molecule has 1 aromatic carbocycles. The van der Waals surface area contributed by atoms with Crippen LogP contribution in [0.25, 0.3) is 0 Å². The number of hydrogen-bond donors (Lipinski definition) is 3. The molecule has 1 aromatic rings. The highest BCUT2D eigenvalue weighted by atomic mass is 16.4. The first-order valence-corrected chi connectivity index (χ1v) is 8.17. The van der Waals surface area contributed by atoms with E-state index in [-0.39, 0.29) is 17.9 Å². The number of carboxylic acid groups (broad SMARTS) is 1. The molecule has 2 amide bonds. The minimum absolute atomic E-state index is 0.150. The second-order valence-corrected chi connectivity index (χ2v) is 7.38. The number of carbonyl (C=O) groups is 3. The van der Waals surface area contributed by atoms with Gasteiger partial charge < -0.3 is 15.7 Å². The van der Waals surface area contributed by atoms with Gasteiger partial charge in [-0.3, -0.25) is 14.4 Å². The Bertz CT molecular complexity index is 722. The summed E-state index contributed by atoms with van der Waals surface area (Å²) in [5.41, 5.74) is 1.32. The molecular formula is C18H22N2O4. The summed E-state index contributed by atoms with van der Waals surface area (Å²) < 4.78 is 0. The molecule has 0 spiro atoms. The second kappa shape index (κ2) is 5.61. The van der Waals surface area contributed by atoms with Crippen molar-refractivity contribution >= 4 is 23.5 Å². The van der Waals surface area contributed by atoms with E-state index in [1.807, 2.05) is 6.92 Å². The average molecular weight is 330 g/mol. The molecule has 0 saturated heterocycles. The third kappa shape index (κ3) is 3.00. The van der Waals surface area contributed by atoms with Crippen molar-refractivity contribution in [2.75, 3.05) is 5.32 Å². The third-order valence-electron chi connectivity index (χ3n) is 5.05. The molecule has 0 unspecified atom stereocenters. The average Bonchev–Trinajstić information content (AvgIpc) is 3.38. The number of anilines is 1. The van der Waals surface area contributed by atoms with Gasteiger partial charge in [-0.2, -0.15) is 0 Å². The molecule has 0 radical (unpaired) electrons. The van der Waals surface area contributed by atoms with E-state index < -0.39 is 23.2 Å². The van der Waals surface area contributed by atoms with Gasteiger partial charge in [0.15, 0.2) is 0 Å². The molecule has 2 aliphatic carbocycles. The van der Waals surface area contributed by atoms with Gasteiger partial charge in [0, 0.05) is 17.3 Å². The fraction of sp³-hybridized carbons (Fsp3) is 0.500. The van der Waals surface area contributed by atoms with Gasteiger partial charge in [-0.15, -0.1) is 0 Å². The van der Waals surface area contributed by atoms with Crippen LogP contribution in [0.1, 0.15) is 42.6 Å². The summed E-state index contributed by atoms with van der Waals surface area (Å²) in [7, 11) is 0. The first kappa shape index (κ1) is 16.5. The highest BCUT2D eigenvalue weighted by molar-refractivity contribution is 6.01. The van der Waals surface area contributed by atoms with E-state index in [0.29, 0.717) is 11.3 Å². The van der Waals surface area contributed by atoms with Gasteiger partial charge in [-0.25, -0.2) is 0 Å². The van der Waals surface area contributed by atoms with E-state index in [9.17, 15) is 19.5 Å². The Labute approximate surface area is 140 Å². The van der Waals surface area contributed by atoms with Crippen molar-refractivity contribution in [3.8, 4) is 0 Å². The molecule has 6 nitrogen and oxygen atoms in total. The van der Waals surface area contributed by atoms with Crippen molar-refractivity contribution in [1.29, 1.82) is 0 Å². The minimum atomic E-state index is -0.950. The molecular weight excluding hydrogens is 308 g/mol. The van der Waals surface area contributed by atoms with Crippen LogP contribution >= 0.6 is 0 Å². The Morgan fingerprint density at radius 3 is 2.38 bits per heavy atom. The van der Waals surface area contributed by atoms with E-state index in [1.54, 1.807) is 32.0 Å². The van der Waals surface area contributed by atoms with Gasteiger partial charge in [0.1, 0.15) is 0 Å². The topological polar surface area (TPSA) is 95.5 Å². The van der Waals surface area contributed by atoms with Crippen molar-refractivity contribution in [3.63, 3.8) is 0 Å². The Morgan fingerprint density at radius 2 is 1.83 bits per heavy atom. The molecule has 2 aliphatic rings. The number of carboxylic acids is 1. The molecule has 6 heteroatoms. The SMILES string of the molecule is Cc1ccc(C(=O)NC2CC2)cc1NC(=O)[C@@H]1[C@H](C(=O)O)C1(C)C. The van der Waals surface area contributed by atoms with Crippen LogP contribution in [-0.4, -0.2) is 28.9 Å². The van der Waals surface area contributed by atoms with Gasteiger partial charge in [0.25, 0.3) is 5.91 Å². The maximum absolute atomic E-state index is 12.5. The van der Waals surface area contributed by atoms with Crippen LogP contribution in [0.4, 0.5) is 5.69 Å². The standard InChI is InChI=1S/C18H22N2O4/c1-9-4-5-10(15(21)19-11-6-7-11)8-12(9)20-16(22)13-14(17(23)24)18(13,2)3/h4-5,8,11,13-14H,6-7H2,1-3H3,(H,19,21)(H,20,22)(H,23,24)/t13-,14+/m0/s1. The molecule has 24 heavy (non-hydrogen) atoms. The molecule has 2 saturated carbocycles. The largest absolute Gasteiger partial charge is 0.481 e.